The van der Waals surface area contributed by atoms with Crippen molar-refractivity contribution in [3.8, 4) is 11.4 Å². The summed E-state index contributed by atoms with van der Waals surface area (Å²) in [5.41, 5.74) is 0.360. The molecule has 10 heteroatoms. The van der Waals surface area contributed by atoms with Gasteiger partial charge in [-0.2, -0.15) is 0 Å². The number of carbonyl (C=O) groups is 1. The molecule has 1 aliphatic heterocycles. The Morgan fingerprint density at radius 2 is 2.12 bits per heavy atom. The molecule has 1 atom stereocenters. The summed E-state index contributed by atoms with van der Waals surface area (Å²) in [5, 5.41) is 14.4. The summed E-state index contributed by atoms with van der Waals surface area (Å²) in [6.45, 7) is 3.00. The van der Waals surface area contributed by atoms with Crippen LogP contribution in [0, 0.1) is 10.1 Å². The largest absolute Gasteiger partial charge is 0.442 e. The fourth-order valence-electron chi connectivity index (χ4n) is 2.63. The van der Waals surface area contributed by atoms with Gasteiger partial charge in [-0.3, -0.25) is 19.4 Å². The molecule has 1 aromatic heterocycles. The van der Waals surface area contributed by atoms with Gasteiger partial charge >= 0.3 is 5.76 Å². The number of rotatable bonds is 4. The van der Waals surface area contributed by atoms with Crippen molar-refractivity contribution in [3.63, 3.8) is 0 Å². The minimum atomic E-state index is -0.761. The van der Waals surface area contributed by atoms with Gasteiger partial charge < -0.3 is 9.64 Å². The minimum absolute atomic E-state index is 0.0639. The first kappa shape index (κ1) is 16.8. The van der Waals surface area contributed by atoms with Gasteiger partial charge in [0.1, 0.15) is 6.54 Å². The second kappa shape index (κ2) is 6.85. The Labute approximate surface area is 141 Å². The molecule has 2 aromatic rings. The number of nitro groups is 1. The van der Waals surface area contributed by atoms with Gasteiger partial charge in [0.05, 0.1) is 17.6 Å². The Morgan fingerprint density at radius 3 is 2.76 bits per heavy atom. The van der Waals surface area contributed by atoms with Gasteiger partial charge in [-0.1, -0.05) is 5.16 Å². The van der Waals surface area contributed by atoms with Crippen LogP contribution in [0.25, 0.3) is 11.4 Å². The van der Waals surface area contributed by atoms with Gasteiger partial charge in [0.2, 0.25) is 5.91 Å². The monoisotopic (exact) mass is 348 g/mol. The van der Waals surface area contributed by atoms with Crippen LogP contribution in [0.15, 0.2) is 33.6 Å². The Kier molecular flexibility index (Phi) is 4.61. The van der Waals surface area contributed by atoms with Crippen LogP contribution in [-0.2, 0) is 16.1 Å². The first-order valence-corrected chi connectivity index (χ1v) is 7.66. The summed E-state index contributed by atoms with van der Waals surface area (Å²) in [4.78, 5) is 36.2. The van der Waals surface area contributed by atoms with Crippen LogP contribution < -0.4 is 5.76 Å². The molecule has 0 saturated carbocycles. The predicted octanol–water partition coefficient (Wildman–Crippen LogP) is 0.659. The molecule has 132 valence electrons. The summed E-state index contributed by atoms with van der Waals surface area (Å²) in [7, 11) is 0. The van der Waals surface area contributed by atoms with Crippen LogP contribution in [0.2, 0.25) is 0 Å². The van der Waals surface area contributed by atoms with Crippen molar-refractivity contribution >= 4 is 11.6 Å². The van der Waals surface area contributed by atoms with E-state index < -0.39 is 10.7 Å². The Bertz CT molecular complexity index is 840. The Balaban J connectivity index is 1.83. The number of amides is 1. The lowest BCUT2D eigenvalue weighted by atomic mass is 10.2. The third-order valence-corrected chi connectivity index (χ3v) is 3.91. The molecule has 0 radical (unpaired) electrons. The zero-order valence-corrected chi connectivity index (χ0v) is 13.5. The van der Waals surface area contributed by atoms with E-state index in [0.29, 0.717) is 25.3 Å². The van der Waals surface area contributed by atoms with E-state index in [4.69, 9.17) is 4.74 Å². The lowest BCUT2D eigenvalue weighted by Crippen LogP contribution is -2.46. The highest BCUT2D eigenvalue weighted by molar-refractivity contribution is 5.76. The molecule has 0 spiro atoms. The molecule has 3 rings (SSSR count). The SMILES string of the molecule is CC1CN(C(=O)Cn2c(-c3ccc([N+](=O)[O-])cc3)noc2=O)CCO1. The molecule has 0 bridgehead atoms. The topological polar surface area (TPSA) is 121 Å². The summed E-state index contributed by atoms with van der Waals surface area (Å²) in [6.07, 6.45) is -0.0639. The van der Waals surface area contributed by atoms with E-state index in [-0.39, 0.29) is 30.1 Å². The van der Waals surface area contributed by atoms with Crippen molar-refractivity contribution in [2.24, 2.45) is 0 Å². The number of nitrogens with zero attached hydrogens (tertiary/aromatic N) is 4. The third kappa shape index (κ3) is 3.58. The van der Waals surface area contributed by atoms with Crippen molar-refractivity contribution in [1.82, 2.24) is 14.6 Å². The van der Waals surface area contributed by atoms with Gasteiger partial charge in [0.25, 0.3) is 5.69 Å². The normalized spacial score (nSPS) is 17.5. The van der Waals surface area contributed by atoms with E-state index in [9.17, 15) is 19.7 Å². The number of carbonyl (C=O) groups excluding carboxylic acids is 1. The van der Waals surface area contributed by atoms with Crippen molar-refractivity contribution in [2.75, 3.05) is 19.7 Å². The van der Waals surface area contributed by atoms with E-state index in [0.717, 1.165) is 4.57 Å². The zero-order chi connectivity index (χ0) is 18.0. The van der Waals surface area contributed by atoms with Crippen molar-refractivity contribution in [3.05, 3.63) is 44.9 Å². The molecular weight excluding hydrogens is 332 g/mol. The van der Waals surface area contributed by atoms with Crippen molar-refractivity contribution < 1.29 is 19.0 Å². The van der Waals surface area contributed by atoms with Crippen LogP contribution in [0.5, 0.6) is 0 Å². The smallest absolute Gasteiger partial charge is 0.375 e. The number of hydrogen-bond acceptors (Lipinski definition) is 7. The fraction of sp³-hybridized carbons (Fsp3) is 0.400. The Hall–Kier alpha value is -3.01. The average molecular weight is 348 g/mol. The molecule has 0 N–H and O–H groups in total. The van der Waals surface area contributed by atoms with E-state index in [1.165, 1.54) is 24.3 Å². The maximum absolute atomic E-state index is 12.4. The van der Waals surface area contributed by atoms with E-state index >= 15 is 0 Å². The number of ether oxygens (including phenoxy) is 1. The number of benzene rings is 1. The van der Waals surface area contributed by atoms with Crippen LogP contribution in [-0.4, -0.2) is 51.3 Å². The van der Waals surface area contributed by atoms with Gasteiger partial charge in [-0.05, 0) is 19.1 Å². The molecule has 1 aliphatic rings. The first-order chi connectivity index (χ1) is 12.0. The quantitative estimate of drug-likeness (QED) is 0.588. The molecule has 1 unspecified atom stereocenters. The molecule has 25 heavy (non-hydrogen) atoms. The molecule has 1 fully saturated rings. The second-order valence-corrected chi connectivity index (χ2v) is 5.68. The van der Waals surface area contributed by atoms with Crippen LogP contribution in [0.3, 0.4) is 0 Å². The molecule has 10 nitrogen and oxygen atoms in total. The number of hydrogen-bond donors (Lipinski definition) is 0. The molecule has 1 aromatic carbocycles. The summed E-state index contributed by atoms with van der Waals surface area (Å²) < 4.78 is 11.2. The van der Waals surface area contributed by atoms with Crippen molar-refractivity contribution in [1.29, 1.82) is 0 Å². The highest BCUT2D eigenvalue weighted by Gasteiger charge is 2.24. The first-order valence-electron chi connectivity index (χ1n) is 7.66. The third-order valence-electron chi connectivity index (χ3n) is 3.91. The highest BCUT2D eigenvalue weighted by atomic mass is 16.6. The highest BCUT2D eigenvalue weighted by Crippen LogP contribution is 2.20. The second-order valence-electron chi connectivity index (χ2n) is 5.68. The standard InChI is InChI=1S/C15H16N4O6/c1-10-8-17(6-7-24-10)13(20)9-18-14(16-25-15(18)21)11-2-4-12(5-3-11)19(22)23/h2-5,10H,6-9H2,1H3. The molecule has 1 saturated heterocycles. The van der Waals surface area contributed by atoms with Gasteiger partial charge in [-0.15, -0.1) is 0 Å². The van der Waals surface area contributed by atoms with Gasteiger partial charge in [-0.25, -0.2) is 9.36 Å². The van der Waals surface area contributed by atoms with Gasteiger partial charge in [0, 0.05) is 30.8 Å². The lowest BCUT2D eigenvalue weighted by molar-refractivity contribution is -0.384. The molecular formula is C15H16N4O6. The predicted molar refractivity (Wildman–Crippen MR) is 84.8 cm³/mol. The summed E-state index contributed by atoms with van der Waals surface area (Å²) in [6, 6.07) is 5.50. The van der Waals surface area contributed by atoms with Crippen LogP contribution >= 0.6 is 0 Å². The van der Waals surface area contributed by atoms with E-state index in [1.54, 1.807) is 4.90 Å². The molecule has 0 aliphatic carbocycles. The van der Waals surface area contributed by atoms with Crippen LogP contribution in [0.4, 0.5) is 5.69 Å². The molecule has 1 amide bonds. The average Bonchev–Trinajstić information content (AvgIpc) is 2.95. The zero-order valence-electron chi connectivity index (χ0n) is 13.5. The van der Waals surface area contributed by atoms with E-state index in [2.05, 4.69) is 9.68 Å². The maximum atomic E-state index is 12.4. The lowest BCUT2D eigenvalue weighted by Gasteiger charge is -2.31. The fourth-order valence-corrected chi connectivity index (χ4v) is 2.63. The minimum Gasteiger partial charge on any atom is -0.375 e. The molecule has 2 heterocycles. The number of morpholine rings is 1. The maximum Gasteiger partial charge on any atom is 0.442 e. The number of nitro benzene ring substituents is 1. The van der Waals surface area contributed by atoms with Crippen molar-refractivity contribution in [2.45, 2.75) is 19.6 Å². The Morgan fingerprint density at radius 1 is 1.40 bits per heavy atom. The van der Waals surface area contributed by atoms with Gasteiger partial charge in [0.15, 0.2) is 5.82 Å². The number of aromatic nitrogens is 2. The summed E-state index contributed by atoms with van der Waals surface area (Å²) >= 11 is 0. The number of non-ortho nitro benzene ring substituents is 1. The van der Waals surface area contributed by atoms with Crippen LogP contribution in [0.1, 0.15) is 6.92 Å². The summed E-state index contributed by atoms with van der Waals surface area (Å²) in [5.74, 6) is -0.860. The van der Waals surface area contributed by atoms with E-state index in [1.807, 2.05) is 6.92 Å².